The zero-order valence-corrected chi connectivity index (χ0v) is 25.7. The number of nitriles is 1. The van der Waals surface area contributed by atoms with E-state index in [0.29, 0.717) is 36.9 Å². The zero-order valence-electron chi connectivity index (χ0n) is 25.7. The summed E-state index contributed by atoms with van der Waals surface area (Å²) in [5, 5.41) is 28.9. The molecule has 4 amide bonds. The minimum absolute atomic E-state index is 0.00201. The van der Waals surface area contributed by atoms with Gasteiger partial charge < -0.3 is 26.0 Å². The number of benzene rings is 1. The van der Waals surface area contributed by atoms with Gasteiger partial charge in [-0.25, -0.2) is 0 Å². The Kier molecular flexibility index (Phi) is 6.84. The van der Waals surface area contributed by atoms with Crippen molar-refractivity contribution in [1.29, 1.82) is 5.26 Å². The molecule has 5 aliphatic carbocycles. The van der Waals surface area contributed by atoms with E-state index < -0.39 is 59.0 Å². The Morgan fingerprint density at radius 1 is 1.13 bits per heavy atom. The lowest BCUT2D eigenvalue weighted by Gasteiger charge is -2.62. The van der Waals surface area contributed by atoms with Crippen LogP contribution in [0.3, 0.4) is 0 Å². The second-order valence-corrected chi connectivity index (χ2v) is 15.4. The van der Waals surface area contributed by atoms with Gasteiger partial charge in [-0.1, -0.05) is 32.0 Å². The van der Waals surface area contributed by atoms with E-state index in [9.17, 15) is 42.7 Å². The van der Waals surface area contributed by atoms with Crippen molar-refractivity contribution >= 4 is 29.3 Å². The van der Waals surface area contributed by atoms with E-state index in [1.165, 1.54) is 4.90 Å². The first-order valence-corrected chi connectivity index (χ1v) is 16.1. The number of carbonyl (C=O) groups is 4. The van der Waals surface area contributed by atoms with Gasteiger partial charge in [-0.15, -0.1) is 0 Å². The number of piperidine rings is 1. The summed E-state index contributed by atoms with van der Waals surface area (Å²) in [5.74, 6) is -4.90. The van der Waals surface area contributed by atoms with Gasteiger partial charge in [0.15, 0.2) is 0 Å². The van der Waals surface area contributed by atoms with Crippen LogP contribution in [0.1, 0.15) is 70.3 Å². The fourth-order valence-electron chi connectivity index (χ4n) is 10.4. The molecule has 0 aromatic heterocycles. The maximum atomic E-state index is 14.5. The average molecular weight is 642 g/mol. The lowest BCUT2D eigenvalue weighted by atomic mass is 9.46. The number of para-hydroxylation sites is 1. The summed E-state index contributed by atoms with van der Waals surface area (Å²) in [6, 6.07) is 5.42. The van der Waals surface area contributed by atoms with Crippen molar-refractivity contribution in [2.45, 2.75) is 94.6 Å². The van der Waals surface area contributed by atoms with Crippen molar-refractivity contribution in [3.8, 4) is 6.07 Å². The highest BCUT2D eigenvalue weighted by Gasteiger charge is 2.71. The standard InChI is InChI=1S/C33H38F3N5O5/c1-30(2)21-14-41(24(23(21)30)27(43)38-18(13-37)8-20-19-5-3-4-6-22(19)39-26(20)42)28(44)25(40-29(45)33(34,35)36)31-9-16-7-17(10-31)12-32(46,11-16)15-31/h3-6,16-18,20-21,23-25,46H,7-12,14-15H2,1-2H3,(H,38,43)(H,39,42)(H,40,45). The van der Waals surface area contributed by atoms with Crippen LogP contribution in [0.15, 0.2) is 24.3 Å². The molecule has 246 valence electrons. The normalized spacial score (nSPS) is 37.4. The number of alkyl halides is 3. The van der Waals surface area contributed by atoms with Gasteiger partial charge in [-0.05, 0) is 85.7 Å². The van der Waals surface area contributed by atoms with Crippen molar-refractivity contribution in [3.05, 3.63) is 29.8 Å². The molecule has 2 heterocycles. The van der Waals surface area contributed by atoms with Crippen LogP contribution in [-0.4, -0.2) is 70.1 Å². The van der Waals surface area contributed by atoms with Crippen LogP contribution < -0.4 is 16.0 Å². The van der Waals surface area contributed by atoms with Crippen LogP contribution in [0.25, 0.3) is 0 Å². The van der Waals surface area contributed by atoms with Gasteiger partial charge in [0.05, 0.1) is 17.6 Å². The number of aliphatic hydroxyl groups is 1. The first kappa shape index (κ1) is 31.0. The Morgan fingerprint density at radius 3 is 2.43 bits per heavy atom. The fraction of sp³-hybridized carbons (Fsp3) is 0.667. The van der Waals surface area contributed by atoms with Gasteiger partial charge >= 0.3 is 12.1 Å². The summed E-state index contributed by atoms with van der Waals surface area (Å²) in [5.41, 5.74) is -1.16. The minimum atomic E-state index is -5.23. The topological polar surface area (TPSA) is 152 Å². The summed E-state index contributed by atoms with van der Waals surface area (Å²) in [6.45, 7) is 4.04. The van der Waals surface area contributed by atoms with E-state index in [1.807, 2.05) is 19.2 Å². The van der Waals surface area contributed by atoms with Crippen molar-refractivity contribution in [2.75, 3.05) is 11.9 Å². The number of hydrogen-bond acceptors (Lipinski definition) is 6. The number of nitrogens with zero attached hydrogens (tertiary/aromatic N) is 2. The maximum Gasteiger partial charge on any atom is 0.471 e. The molecule has 46 heavy (non-hydrogen) atoms. The third-order valence-corrected chi connectivity index (χ3v) is 12.1. The second-order valence-electron chi connectivity index (χ2n) is 15.4. The lowest BCUT2D eigenvalue weighted by molar-refractivity contribution is -0.191. The van der Waals surface area contributed by atoms with Crippen molar-refractivity contribution < 1.29 is 37.5 Å². The molecule has 1 aromatic rings. The van der Waals surface area contributed by atoms with E-state index in [1.54, 1.807) is 24.3 Å². The number of rotatable bonds is 7. The molecule has 2 aliphatic heterocycles. The molecule has 1 aromatic carbocycles. The smallest absolute Gasteiger partial charge is 0.390 e. The van der Waals surface area contributed by atoms with Crippen LogP contribution in [0.4, 0.5) is 18.9 Å². The number of carbonyl (C=O) groups excluding carboxylic acids is 4. The summed E-state index contributed by atoms with van der Waals surface area (Å²) < 4.78 is 40.9. The molecule has 7 aliphatic rings. The predicted octanol–water partition coefficient (Wildman–Crippen LogP) is 2.98. The molecule has 13 heteroatoms. The highest BCUT2D eigenvalue weighted by atomic mass is 19.4. The Bertz CT molecular complexity index is 1540. The molecule has 0 radical (unpaired) electrons. The molecular formula is C33H38F3N5O5. The van der Waals surface area contributed by atoms with E-state index in [-0.39, 0.29) is 54.4 Å². The minimum Gasteiger partial charge on any atom is -0.390 e. The van der Waals surface area contributed by atoms with Gasteiger partial charge in [0.25, 0.3) is 0 Å². The van der Waals surface area contributed by atoms with E-state index >= 15 is 0 Å². The number of halogens is 3. The molecular weight excluding hydrogens is 603 g/mol. The molecule has 10 nitrogen and oxygen atoms in total. The van der Waals surface area contributed by atoms with Crippen molar-refractivity contribution in [3.63, 3.8) is 0 Å². The van der Waals surface area contributed by atoms with Gasteiger partial charge in [-0.3, -0.25) is 19.2 Å². The van der Waals surface area contributed by atoms with E-state index in [4.69, 9.17) is 0 Å². The zero-order chi connectivity index (χ0) is 33.0. The monoisotopic (exact) mass is 641 g/mol. The van der Waals surface area contributed by atoms with Crippen LogP contribution in [0.5, 0.6) is 0 Å². The Hall–Kier alpha value is -3.66. The Labute approximate surface area is 264 Å². The number of anilines is 1. The number of amides is 4. The van der Waals surface area contributed by atoms with Crippen LogP contribution in [0.2, 0.25) is 0 Å². The largest absolute Gasteiger partial charge is 0.471 e. The highest BCUT2D eigenvalue weighted by Crippen LogP contribution is 2.66. The summed E-state index contributed by atoms with van der Waals surface area (Å²) >= 11 is 0. The predicted molar refractivity (Wildman–Crippen MR) is 156 cm³/mol. The molecule has 6 fully saturated rings. The Balaban J connectivity index is 1.16. The maximum absolute atomic E-state index is 14.5. The molecule has 8 rings (SSSR count). The average Bonchev–Trinajstić information content (AvgIpc) is 3.26. The van der Waals surface area contributed by atoms with Crippen LogP contribution in [-0.2, 0) is 19.2 Å². The van der Waals surface area contributed by atoms with E-state index in [2.05, 4.69) is 16.7 Å². The molecule has 0 spiro atoms. The first-order chi connectivity index (χ1) is 21.5. The molecule has 1 saturated heterocycles. The lowest BCUT2D eigenvalue weighted by Crippen LogP contribution is -2.68. The number of nitrogens with one attached hydrogen (secondary N) is 3. The SMILES string of the molecule is CC1(C)C2CN(C(=O)C(NC(=O)C(F)(F)F)C34CC5CC(CC(O)(C5)C3)C4)C(C(=O)NC(C#N)CC3C(=O)Nc4ccccc43)C21. The highest BCUT2D eigenvalue weighted by molar-refractivity contribution is 6.03. The van der Waals surface area contributed by atoms with Gasteiger partial charge in [-0.2, -0.15) is 18.4 Å². The quantitative estimate of drug-likeness (QED) is 0.360. The molecule has 4 N–H and O–H groups in total. The molecule has 5 saturated carbocycles. The van der Waals surface area contributed by atoms with Gasteiger partial charge in [0.2, 0.25) is 17.7 Å². The van der Waals surface area contributed by atoms with Crippen LogP contribution in [0, 0.1) is 45.8 Å². The van der Waals surface area contributed by atoms with E-state index in [0.717, 1.165) is 6.42 Å². The fourth-order valence-corrected chi connectivity index (χ4v) is 10.4. The number of likely N-dealkylation sites (tertiary alicyclic amines) is 1. The summed E-state index contributed by atoms with van der Waals surface area (Å²) in [4.78, 5) is 54.9. The second kappa shape index (κ2) is 10.2. The van der Waals surface area contributed by atoms with Crippen molar-refractivity contribution in [1.82, 2.24) is 15.5 Å². The number of fused-ring (bicyclic) bond motifs is 2. The summed E-state index contributed by atoms with van der Waals surface area (Å²) in [6.07, 6.45) is -2.45. The molecule has 8 unspecified atom stereocenters. The third-order valence-electron chi connectivity index (χ3n) is 12.1. The molecule has 4 bridgehead atoms. The Morgan fingerprint density at radius 2 is 1.80 bits per heavy atom. The molecule has 8 atom stereocenters. The summed E-state index contributed by atoms with van der Waals surface area (Å²) in [7, 11) is 0. The third kappa shape index (κ3) is 4.86. The van der Waals surface area contributed by atoms with Gasteiger partial charge in [0, 0.05) is 17.6 Å². The first-order valence-electron chi connectivity index (χ1n) is 16.1. The van der Waals surface area contributed by atoms with Gasteiger partial charge in [0.1, 0.15) is 18.1 Å². The van der Waals surface area contributed by atoms with Crippen molar-refractivity contribution in [2.24, 2.45) is 34.5 Å². The van der Waals surface area contributed by atoms with Crippen LogP contribution >= 0.6 is 0 Å². The number of hydrogen-bond donors (Lipinski definition) is 4.